The number of hydrogen-bond acceptors (Lipinski definition) is 5. The van der Waals surface area contributed by atoms with E-state index in [-0.39, 0.29) is 11.9 Å². The Bertz CT molecular complexity index is 1160. The maximum atomic E-state index is 14.2. The van der Waals surface area contributed by atoms with Crippen LogP contribution in [0.3, 0.4) is 0 Å². The highest BCUT2D eigenvalue weighted by Crippen LogP contribution is 2.56. The highest BCUT2D eigenvalue weighted by Gasteiger charge is 2.59. The molecule has 0 saturated carbocycles. The van der Waals surface area contributed by atoms with Crippen LogP contribution in [0.15, 0.2) is 54.7 Å². The molecule has 1 saturated heterocycles. The molecule has 1 aromatic heterocycles. The summed E-state index contributed by atoms with van der Waals surface area (Å²) < 4.78 is 7.89. The first-order valence-electron chi connectivity index (χ1n) is 10.9. The standard InChI is InChI=1S/C24H25N5O2/c1-27-12-10-24-20-8-2-3-9-21(20)29(23(24)30)16-18-15-28(26-25-18)11-5-13-31-19-7-4-6-17(14-19)22(24)27/h2-4,6-9,14-15,22H,5,10-13,16H2,1H3/t22-,24-/m0/s1. The second kappa shape index (κ2) is 6.92. The number of rotatable bonds is 0. The van der Waals surface area contributed by atoms with Gasteiger partial charge in [0, 0.05) is 18.7 Å². The highest BCUT2D eigenvalue weighted by atomic mass is 16.5. The number of hydrogen-bond donors (Lipinski definition) is 0. The van der Waals surface area contributed by atoms with Crippen molar-refractivity contribution in [2.75, 3.05) is 25.1 Å². The number of likely N-dealkylation sites (N-methyl/N-ethyl adjacent to an activating group) is 1. The molecule has 1 amide bonds. The maximum Gasteiger partial charge on any atom is 0.240 e. The topological polar surface area (TPSA) is 63.5 Å². The monoisotopic (exact) mass is 415 g/mol. The number of aryl methyl sites for hydroxylation is 1. The van der Waals surface area contributed by atoms with Crippen LogP contribution < -0.4 is 9.64 Å². The third-order valence-corrected chi connectivity index (χ3v) is 6.95. The number of carbonyl (C=O) groups is 1. The van der Waals surface area contributed by atoms with E-state index in [1.54, 1.807) is 0 Å². The number of likely N-dealkylation sites (tertiary alicyclic amines) is 1. The fourth-order valence-electron chi connectivity index (χ4n) is 5.62. The fourth-order valence-corrected chi connectivity index (χ4v) is 5.62. The smallest absolute Gasteiger partial charge is 0.240 e. The van der Waals surface area contributed by atoms with Crippen LogP contribution in [0.4, 0.5) is 5.69 Å². The molecule has 3 aliphatic rings. The van der Waals surface area contributed by atoms with Gasteiger partial charge in [-0.3, -0.25) is 14.4 Å². The van der Waals surface area contributed by atoms with E-state index in [0.717, 1.165) is 54.2 Å². The lowest BCUT2D eigenvalue weighted by atomic mass is 9.72. The van der Waals surface area contributed by atoms with Gasteiger partial charge in [0.25, 0.3) is 0 Å². The number of para-hydroxylation sites is 1. The molecule has 4 heterocycles. The van der Waals surface area contributed by atoms with Crippen LogP contribution in [0.2, 0.25) is 0 Å². The molecule has 31 heavy (non-hydrogen) atoms. The molecule has 7 heteroatoms. The van der Waals surface area contributed by atoms with Gasteiger partial charge in [0.05, 0.1) is 30.8 Å². The predicted octanol–water partition coefficient (Wildman–Crippen LogP) is 2.92. The molecule has 3 aliphatic heterocycles. The summed E-state index contributed by atoms with van der Waals surface area (Å²) in [6.07, 6.45) is 3.57. The van der Waals surface area contributed by atoms with Gasteiger partial charge in [0.2, 0.25) is 5.91 Å². The van der Waals surface area contributed by atoms with E-state index in [0.29, 0.717) is 13.2 Å². The minimum absolute atomic E-state index is 0.0458. The molecule has 2 aromatic carbocycles. The predicted molar refractivity (Wildman–Crippen MR) is 116 cm³/mol. The lowest BCUT2D eigenvalue weighted by Gasteiger charge is -2.34. The molecule has 1 fully saturated rings. The summed E-state index contributed by atoms with van der Waals surface area (Å²) in [6, 6.07) is 16.5. The minimum Gasteiger partial charge on any atom is -0.494 e. The number of nitrogens with zero attached hydrogens (tertiary/aromatic N) is 5. The van der Waals surface area contributed by atoms with Gasteiger partial charge in [-0.25, -0.2) is 0 Å². The van der Waals surface area contributed by atoms with Gasteiger partial charge in [-0.05, 0) is 49.3 Å². The third kappa shape index (κ3) is 2.73. The number of aromatic nitrogens is 3. The zero-order chi connectivity index (χ0) is 21.0. The molecule has 0 unspecified atom stereocenters. The summed E-state index contributed by atoms with van der Waals surface area (Å²) in [5, 5.41) is 8.60. The molecule has 7 nitrogen and oxygen atoms in total. The second-order valence-electron chi connectivity index (χ2n) is 8.76. The van der Waals surface area contributed by atoms with Gasteiger partial charge >= 0.3 is 0 Å². The molecule has 0 aliphatic carbocycles. The largest absolute Gasteiger partial charge is 0.494 e. The Morgan fingerprint density at radius 1 is 1.13 bits per heavy atom. The number of fused-ring (bicyclic) bond motifs is 8. The van der Waals surface area contributed by atoms with Crippen molar-refractivity contribution in [2.24, 2.45) is 0 Å². The van der Waals surface area contributed by atoms with Crippen molar-refractivity contribution in [2.45, 2.75) is 37.4 Å². The molecular formula is C24H25N5O2. The van der Waals surface area contributed by atoms with Gasteiger partial charge < -0.3 is 9.64 Å². The van der Waals surface area contributed by atoms with E-state index >= 15 is 0 Å². The molecule has 2 atom stereocenters. The molecule has 3 aromatic rings. The normalized spacial score (nSPS) is 25.4. The van der Waals surface area contributed by atoms with Gasteiger partial charge in [-0.2, -0.15) is 0 Å². The summed E-state index contributed by atoms with van der Waals surface area (Å²) in [7, 11) is 2.12. The van der Waals surface area contributed by atoms with Gasteiger partial charge in [-0.1, -0.05) is 35.5 Å². The van der Waals surface area contributed by atoms with Gasteiger partial charge in [-0.15, -0.1) is 5.10 Å². The zero-order valence-electron chi connectivity index (χ0n) is 17.6. The van der Waals surface area contributed by atoms with Crippen LogP contribution in [0.1, 0.15) is 35.7 Å². The average molecular weight is 415 g/mol. The summed E-state index contributed by atoms with van der Waals surface area (Å²) in [6.45, 7) is 2.63. The lowest BCUT2D eigenvalue weighted by Crippen LogP contribution is -2.44. The van der Waals surface area contributed by atoms with Crippen molar-refractivity contribution in [3.8, 4) is 5.75 Å². The van der Waals surface area contributed by atoms with Crippen LogP contribution in [-0.2, 0) is 23.3 Å². The first-order valence-corrected chi connectivity index (χ1v) is 10.9. The summed E-state index contributed by atoms with van der Waals surface area (Å²) in [4.78, 5) is 18.4. The van der Waals surface area contributed by atoms with Crippen molar-refractivity contribution >= 4 is 11.6 Å². The zero-order valence-corrected chi connectivity index (χ0v) is 17.6. The van der Waals surface area contributed by atoms with E-state index in [4.69, 9.17) is 4.74 Å². The second-order valence-corrected chi connectivity index (χ2v) is 8.76. The van der Waals surface area contributed by atoms with E-state index in [1.807, 2.05) is 40.0 Å². The number of ether oxygens (including phenoxy) is 1. The SMILES string of the molecule is CN1CC[C@@]23C(=O)N(Cc4cn(nn4)CCCOc4cccc(c4)[C@H]12)c1ccccc13. The van der Waals surface area contributed by atoms with Gasteiger partial charge in [0.15, 0.2) is 0 Å². The van der Waals surface area contributed by atoms with Crippen LogP contribution in [0.5, 0.6) is 5.75 Å². The van der Waals surface area contributed by atoms with Crippen LogP contribution in [-0.4, -0.2) is 46.0 Å². The van der Waals surface area contributed by atoms with Crippen molar-refractivity contribution in [3.05, 3.63) is 71.5 Å². The van der Waals surface area contributed by atoms with E-state index in [1.165, 1.54) is 0 Å². The maximum absolute atomic E-state index is 14.2. The van der Waals surface area contributed by atoms with Crippen molar-refractivity contribution < 1.29 is 9.53 Å². The summed E-state index contributed by atoms with van der Waals surface area (Å²) in [5.41, 5.74) is 3.42. The molecular weight excluding hydrogens is 390 g/mol. The molecule has 158 valence electrons. The molecule has 6 rings (SSSR count). The van der Waals surface area contributed by atoms with E-state index in [9.17, 15) is 4.79 Å². The molecule has 0 radical (unpaired) electrons. The van der Waals surface area contributed by atoms with E-state index in [2.05, 4.69) is 46.5 Å². The Labute approximate surface area is 181 Å². The van der Waals surface area contributed by atoms with Crippen LogP contribution >= 0.6 is 0 Å². The van der Waals surface area contributed by atoms with Crippen molar-refractivity contribution in [3.63, 3.8) is 0 Å². The van der Waals surface area contributed by atoms with Crippen molar-refractivity contribution in [1.82, 2.24) is 19.9 Å². The quantitative estimate of drug-likeness (QED) is 0.565. The summed E-state index contributed by atoms with van der Waals surface area (Å²) >= 11 is 0. The number of anilines is 1. The average Bonchev–Trinajstić information content (AvgIpc) is 3.44. The number of benzene rings is 2. The minimum atomic E-state index is -0.611. The van der Waals surface area contributed by atoms with E-state index < -0.39 is 5.41 Å². The van der Waals surface area contributed by atoms with Crippen LogP contribution in [0, 0.1) is 0 Å². The first kappa shape index (κ1) is 18.6. The lowest BCUT2D eigenvalue weighted by molar-refractivity contribution is -0.124. The Morgan fingerprint density at radius 2 is 2.03 bits per heavy atom. The van der Waals surface area contributed by atoms with Gasteiger partial charge in [0.1, 0.15) is 11.4 Å². The molecule has 1 spiro atoms. The van der Waals surface area contributed by atoms with Crippen molar-refractivity contribution in [1.29, 1.82) is 0 Å². The number of carbonyl (C=O) groups excluding carboxylic acids is 1. The third-order valence-electron chi connectivity index (χ3n) is 6.95. The van der Waals surface area contributed by atoms with Crippen LogP contribution in [0.25, 0.3) is 0 Å². The molecule has 6 bridgehead atoms. The Balaban J connectivity index is 1.55. The Morgan fingerprint density at radius 3 is 2.97 bits per heavy atom. The highest BCUT2D eigenvalue weighted by molar-refractivity contribution is 6.09. The Kier molecular flexibility index (Phi) is 4.14. The first-order chi connectivity index (χ1) is 15.2. The summed E-state index contributed by atoms with van der Waals surface area (Å²) in [5.74, 6) is 0.997. The Hall–Kier alpha value is -3.19. The molecule has 0 N–H and O–H groups in total. The fraction of sp³-hybridized carbons (Fsp3) is 0.375. The number of amides is 1.